The third-order valence-electron chi connectivity index (χ3n) is 4.46. The van der Waals surface area contributed by atoms with Gasteiger partial charge >= 0.3 is 12.1 Å². The number of para-hydroxylation sites is 1. The SMILES string of the molecule is CC(=O)On1nnnc1-c1nnc(N2CCC(Oc3ccccc3C(F)(F)F)CC2)s1. The van der Waals surface area contributed by atoms with Gasteiger partial charge in [-0.1, -0.05) is 23.5 Å². The second kappa shape index (κ2) is 8.45. The molecule has 3 heterocycles. The van der Waals surface area contributed by atoms with Crippen LogP contribution < -0.4 is 14.5 Å². The number of anilines is 1. The Labute approximate surface area is 177 Å². The monoisotopic (exact) mass is 455 g/mol. The van der Waals surface area contributed by atoms with Crippen LogP contribution in [0.4, 0.5) is 18.3 Å². The summed E-state index contributed by atoms with van der Waals surface area (Å²) in [5.74, 6) is -0.614. The van der Waals surface area contributed by atoms with Crippen molar-refractivity contribution in [2.45, 2.75) is 32.0 Å². The molecule has 4 rings (SSSR count). The molecule has 1 aliphatic heterocycles. The fourth-order valence-electron chi connectivity index (χ4n) is 3.07. The molecule has 164 valence electrons. The zero-order chi connectivity index (χ0) is 22.0. The van der Waals surface area contributed by atoms with E-state index in [1.807, 2.05) is 4.90 Å². The maximum Gasteiger partial charge on any atom is 0.419 e. The molecule has 1 saturated heterocycles. The van der Waals surface area contributed by atoms with E-state index in [-0.39, 0.29) is 17.7 Å². The van der Waals surface area contributed by atoms with Gasteiger partial charge in [0.15, 0.2) is 5.01 Å². The van der Waals surface area contributed by atoms with Crippen molar-refractivity contribution in [1.82, 2.24) is 30.6 Å². The number of ether oxygens (including phenoxy) is 1. The van der Waals surface area contributed by atoms with E-state index in [1.54, 1.807) is 0 Å². The van der Waals surface area contributed by atoms with Crippen molar-refractivity contribution in [2.75, 3.05) is 18.0 Å². The molecule has 0 aliphatic carbocycles. The summed E-state index contributed by atoms with van der Waals surface area (Å²) < 4.78 is 45.1. The molecule has 2 aromatic heterocycles. The molecule has 31 heavy (non-hydrogen) atoms. The number of benzene rings is 1. The zero-order valence-corrected chi connectivity index (χ0v) is 16.9. The Morgan fingerprint density at radius 1 is 1.16 bits per heavy atom. The summed E-state index contributed by atoms with van der Waals surface area (Å²) in [5.41, 5.74) is -0.781. The highest BCUT2D eigenvalue weighted by Crippen LogP contribution is 2.37. The fraction of sp³-hybridized carbons (Fsp3) is 0.412. The van der Waals surface area contributed by atoms with Crippen LogP contribution in [0.1, 0.15) is 25.3 Å². The quantitative estimate of drug-likeness (QED) is 0.535. The molecule has 14 heteroatoms. The van der Waals surface area contributed by atoms with Crippen LogP contribution >= 0.6 is 11.3 Å². The van der Waals surface area contributed by atoms with E-state index in [9.17, 15) is 18.0 Å². The number of alkyl halides is 3. The summed E-state index contributed by atoms with van der Waals surface area (Å²) in [7, 11) is 0. The minimum absolute atomic E-state index is 0.140. The van der Waals surface area contributed by atoms with Gasteiger partial charge in [-0.2, -0.15) is 13.2 Å². The minimum Gasteiger partial charge on any atom is -0.490 e. The normalized spacial score (nSPS) is 15.2. The first-order chi connectivity index (χ1) is 14.8. The number of piperidine rings is 1. The van der Waals surface area contributed by atoms with Crippen molar-refractivity contribution in [3.63, 3.8) is 0 Å². The Morgan fingerprint density at radius 2 is 1.90 bits per heavy atom. The number of carbonyl (C=O) groups excluding carboxylic acids is 1. The second-order valence-corrected chi connectivity index (χ2v) is 7.60. The largest absolute Gasteiger partial charge is 0.490 e. The van der Waals surface area contributed by atoms with E-state index in [0.717, 1.165) is 10.9 Å². The number of hydrogen-bond donors (Lipinski definition) is 0. The topological polar surface area (TPSA) is 108 Å². The molecule has 3 aromatic rings. The molecule has 0 bridgehead atoms. The average molecular weight is 455 g/mol. The number of halogens is 3. The van der Waals surface area contributed by atoms with Crippen molar-refractivity contribution in [3.05, 3.63) is 29.8 Å². The number of nitrogens with zero attached hydrogens (tertiary/aromatic N) is 7. The van der Waals surface area contributed by atoms with Crippen molar-refractivity contribution in [2.24, 2.45) is 0 Å². The standard InChI is InChI=1S/C17H16F3N7O3S/c1-10(28)30-27-14(21-24-25-27)15-22-23-16(31-15)26-8-6-11(7-9-26)29-13-5-3-2-4-12(13)17(18,19)20/h2-5,11H,6-9H2,1H3. The number of hydrogen-bond acceptors (Lipinski definition) is 10. The van der Waals surface area contributed by atoms with Crippen LogP contribution in [0.3, 0.4) is 0 Å². The first-order valence-electron chi connectivity index (χ1n) is 9.20. The van der Waals surface area contributed by atoms with E-state index < -0.39 is 17.7 Å². The van der Waals surface area contributed by atoms with Crippen LogP contribution in [0.15, 0.2) is 24.3 Å². The Kier molecular flexibility index (Phi) is 5.71. The summed E-state index contributed by atoms with van der Waals surface area (Å²) >= 11 is 1.21. The van der Waals surface area contributed by atoms with E-state index in [2.05, 4.69) is 25.7 Å². The molecule has 0 amide bonds. The first-order valence-corrected chi connectivity index (χ1v) is 10.0. The summed E-state index contributed by atoms with van der Waals surface area (Å²) in [4.78, 5) is 18.8. The molecular weight excluding hydrogens is 439 g/mol. The van der Waals surface area contributed by atoms with Gasteiger partial charge in [0.1, 0.15) is 11.9 Å². The van der Waals surface area contributed by atoms with E-state index in [4.69, 9.17) is 9.57 Å². The van der Waals surface area contributed by atoms with Gasteiger partial charge in [0, 0.05) is 32.9 Å². The lowest BCUT2D eigenvalue weighted by atomic mass is 10.1. The molecule has 1 aliphatic rings. The number of aromatic nitrogens is 6. The van der Waals surface area contributed by atoms with Gasteiger partial charge in [-0.05, 0) is 27.4 Å². The Bertz CT molecular complexity index is 1060. The molecule has 10 nitrogen and oxygen atoms in total. The summed E-state index contributed by atoms with van der Waals surface area (Å²) in [6.07, 6.45) is -3.77. The van der Waals surface area contributed by atoms with Gasteiger partial charge in [-0.25, -0.2) is 4.79 Å². The molecule has 1 fully saturated rings. The summed E-state index contributed by atoms with van der Waals surface area (Å²) in [5, 5.41) is 19.9. The third-order valence-corrected chi connectivity index (χ3v) is 5.44. The van der Waals surface area contributed by atoms with E-state index in [0.29, 0.717) is 36.1 Å². The van der Waals surface area contributed by atoms with Crippen LogP contribution in [0.5, 0.6) is 5.75 Å². The van der Waals surface area contributed by atoms with Crippen molar-refractivity contribution < 1.29 is 27.5 Å². The smallest absolute Gasteiger partial charge is 0.419 e. The molecule has 0 atom stereocenters. The molecule has 0 radical (unpaired) electrons. The summed E-state index contributed by atoms with van der Waals surface area (Å²) in [6.45, 7) is 2.28. The predicted molar refractivity (Wildman–Crippen MR) is 101 cm³/mol. The second-order valence-electron chi connectivity index (χ2n) is 6.65. The van der Waals surface area contributed by atoms with Crippen LogP contribution in [0, 0.1) is 0 Å². The highest BCUT2D eigenvalue weighted by molar-refractivity contribution is 7.18. The molecular formula is C17H16F3N7O3S. The third kappa shape index (κ3) is 4.73. The number of tetrazole rings is 1. The average Bonchev–Trinajstić information content (AvgIpc) is 3.37. The van der Waals surface area contributed by atoms with E-state index >= 15 is 0 Å². The maximum atomic E-state index is 13.2. The molecule has 0 spiro atoms. The molecule has 0 unspecified atom stereocenters. The van der Waals surface area contributed by atoms with Crippen molar-refractivity contribution in [3.8, 4) is 16.6 Å². The van der Waals surface area contributed by atoms with Crippen molar-refractivity contribution in [1.29, 1.82) is 0 Å². The molecule has 1 aromatic carbocycles. The lowest BCUT2D eigenvalue weighted by Crippen LogP contribution is -2.38. The highest BCUT2D eigenvalue weighted by Gasteiger charge is 2.35. The Hall–Kier alpha value is -3.29. The van der Waals surface area contributed by atoms with Gasteiger partial charge in [0.25, 0.3) is 5.82 Å². The lowest BCUT2D eigenvalue weighted by molar-refractivity contribution is -0.143. The van der Waals surface area contributed by atoms with Crippen LogP contribution in [-0.2, 0) is 11.0 Å². The van der Waals surface area contributed by atoms with Crippen LogP contribution in [0.2, 0.25) is 0 Å². The molecule has 0 saturated carbocycles. The fourth-order valence-corrected chi connectivity index (χ4v) is 3.93. The lowest BCUT2D eigenvalue weighted by Gasteiger charge is -2.32. The Morgan fingerprint density at radius 3 is 2.61 bits per heavy atom. The van der Waals surface area contributed by atoms with Gasteiger partial charge < -0.3 is 14.5 Å². The number of carbonyl (C=O) groups is 1. The van der Waals surface area contributed by atoms with Crippen molar-refractivity contribution >= 4 is 22.4 Å². The van der Waals surface area contributed by atoms with Gasteiger partial charge in [0.05, 0.1) is 5.56 Å². The highest BCUT2D eigenvalue weighted by atomic mass is 32.1. The van der Waals surface area contributed by atoms with E-state index in [1.165, 1.54) is 36.5 Å². The van der Waals surface area contributed by atoms with Crippen LogP contribution in [0.25, 0.3) is 10.8 Å². The van der Waals surface area contributed by atoms with Gasteiger partial charge in [0.2, 0.25) is 5.13 Å². The number of rotatable bonds is 5. The molecule has 0 N–H and O–H groups in total. The zero-order valence-electron chi connectivity index (χ0n) is 16.1. The summed E-state index contributed by atoms with van der Waals surface area (Å²) in [6, 6.07) is 5.20. The van der Waals surface area contributed by atoms with Crippen LogP contribution in [-0.4, -0.2) is 55.7 Å². The van der Waals surface area contributed by atoms with Gasteiger partial charge in [-0.3, -0.25) is 0 Å². The maximum absolute atomic E-state index is 13.2. The Balaban J connectivity index is 1.40. The predicted octanol–water partition coefficient (Wildman–Crippen LogP) is 2.23. The minimum atomic E-state index is -4.47. The van der Waals surface area contributed by atoms with Gasteiger partial charge in [-0.15, -0.1) is 15.3 Å². The first kappa shape index (κ1) is 21.0.